The maximum absolute atomic E-state index is 12.5. The van der Waals surface area contributed by atoms with Gasteiger partial charge in [0.2, 0.25) is 0 Å². The first-order valence-corrected chi connectivity index (χ1v) is 9.15. The van der Waals surface area contributed by atoms with E-state index in [2.05, 4.69) is 10.4 Å². The first-order chi connectivity index (χ1) is 13.1. The fraction of sp³-hybridized carbons (Fsp3) is 0.474. The third-order valence-electron chi connectivity index (χ3n) is 4.38. The van der Waals surface area contributed by atoms with Gasteiger partial charge in [-0.2, -0.15) is 5.10 Å². The van der Waals surface area contributed by atoms with E-state index in [0.29, 0.717) is 36.9 Å². The second-order valence-corrected chi connectivity index (χ2v) is 6.44. The molecule has 1 atom stereocenters. The number of amides is 1. The van der Waals surface area contributed by atoms with E-state index in [1.807, 2.05) is 6.92 Å². The molecule has 8 nitrogen and oxygen atoms in total. The predicted molar refractivity (Wildman–Crippen MR) is 98.6 cm³/mol. The van der Waals surface area contributed by atoms with Crippen molar-refractivity contribution in [2.75, 3.05) is 19.8 Å². The topological polar surface area (TPSA) is 99.5 Å². The van der Waals surface area contributed by atoms with Crippen LogP contribution in [0.1, 0.15) is 36.7 Å². The molecule has 1 N–H and O–H groups in total. The molecule has 1 aliphatic rings. The van der Waals surface area contributed by atoms with Crippen molar-refractivity contribution < 1.29 is 19.1 Å². The number of ether oxygens (including phenoxy) is 2. The highest BCUT2D eigenvalue weighted by Crippen LogP contribution is 2.14. The Labute approximate surface area is 156 Å². The van der Waals surface area contributed by atoms with E-state index in [9.17, 15) is 14.4 Å². The number of aromatic nitrogens is 2. The molecule has 144 valence electrons. The predicted octanol–water partition coefficient (Wildman–Crippen LogP) is 1.26. The molecule has 3 rings (SSSR count). The zero-order chi connectivity index (χ0) is 19.2. The van der Waals surface area contributed by atoms with Crippen molar-refractivity contribution >= 4 is 22.6 Å². The summed E-state index contributed by atoms with van der Waals surface area (Å²) in [6.07, 6.45) is 2.62. The summed E-state index contributed by atoms with van der Waals surface area (Å²) in [7, 11) is 0. The Hall–Kier alpha value is -2.74. The Bertz CT molecular complexity index is 887. The number of carbonyl (C=O) groups is 2. The molecule has 1 aliphatic heterocycles. The summed E-state index contributed by atoms with van der Waals surface area (Å²) in [6.45, 7) is 3.01. The van der Waals surface area contributed by atoms with Crippen LogP contribution >= 0.6 is 0 Å². The number of nitrogens with one attached hydrogen (secondary N) is 1. The fourth-order valence-electron chi connectivity index (χ4n) is 3.03. The highest BCUT2D eigenvalue weighted by atomic mass is 16.5. The first kappa shape index (κ1) is 19.0. The van der Waals surface area contributed by atoms with Gasteiger partial charge < -0.3 is 14.8 Å². The van der Waals surface area contributed by atoms with Crippen molar-refractivity contribution in [3.05, 3.63) is 40.3 Å². The van der Waals surface area contributed by atoms with Crippen LogP contribution in [0.15, 0.2) is 29.1 Å². The Morgan fingerprint density at radius 3 is 2.81 bits per heavy atom. The highest BCUT2D eigenvalue weighted by Gasteiger charge is 2.20. The average molecular weight is 373 g/mol. The van der Waals surface area contributed by atoms with Crippen LogP contribution in [0.3, 0.4) is 0 Å². The van der Waals surface area contributed by atoms with E-state index < -0.39 is 18.5 Å². The molecule has 2 heterocycles. The lowest BCUT2D eigenvalue weighted by atomic mass is 10.1. The fourth-order valence-corrected chi connectivity index (χ4v) is 3.03. The molecule has 1 aromatic heterocycles. The maximum atomic E-state index is 12.5. The minimum absolute atomic E-state index is 0.0212. The number of hydrogen-bond donors (Lipinski definition) is 1. The molecule has 0 bridgehead atoms. The molecule has 1 fully saturated rings. The Morgan fingerprint density at radius 1 is 1.33 bits per heavy atom. The van der Waals surface area contributed by atoms with Gasteiger partial charge in [-0.25, -0.2) is 9.48 Å². The number of aryl methyl sites for hydroxylation is 1. The largest absolute Gasteiger partial charge is 0.451 e. The zero-order valence-electron chi connectivity index (χ0n) is 15.3. The second kappa shape index (κ2) is 8.77. The van der Waals surface area contributed by atoms with Gasteiger partial charge in [-0.15, -0.1) is 0 Å². The van der Waals surface area contributed by atoms with Crippen LogP contribution in [0.2, 0.25) is 0 Å². The van der Waals surface area contributed by atoms with Crippen molar-refractivity contribution in [3.8, 4) is 0 Å². The molecule has 8 heteroatoms. The van der Waals surface area contributed by atoms with Gasteiger partial charge >= 0.3 is 5.97 Å². The monoisotopic (exact) mass is 373 g/mol. The van der Waals surface area contributed by atoms with Crippen LogP contribution < -0.4 is 10.9 Å². The van der Waals surface area contributed by atoms with Crippen LogP contribution in [-0.4, -0.2) is 47.5 Å². The molecule has 1 amide bonds. The summed E-state index contributed by atoms with van der Waals surface area (Å²) in [4.78, 5) is 36.8. The standard InChI is InChI=1S/C19H23N3O5/c1-2-9-22-18(24)15-8-4-3-7-14(15)17(21-22)19(25)27-12-16(23)20-11-13-6-5-10-26-13/h3-4,7-8,13H,2,5-6,9-12H2,1H3,(H,20,23). The van der Waals surface area contributed by atoms with Crippen LogP contribution in [0.25, 0.3) is 10.8 Å². The molecular formula is C19H23N3O5. The van der Waals surface area contributed by atoms with Gasteiger partial charge in [-0.05, 0) is 25.3 Å². The number of esters is 1. The Morgan fingerprint density at radius 2 is 2.11 bits per heavy atom. The summed E-state index contributed by atoms with van der Waals surface area (Å²) in [6, 6.07) is 6.75. The summed E-state index contributed by atoms with van der Waals surface area (Å²) in [5.41, 5.74) is -0.219. The van der Waals surface area contributed by atoms with E-state index in [1.165, 1.54) is 4.68 Å². The van der Waals surface area contributed by atoms with Crippen LogP contribution in [-0.2, 0) is 20.8 Å². The maximum Gasteiger partial charge on any atom is 0.359 e. The number of nitrogens with zero attached hydrogens (tertiary/aromatic N) is 2. The number of carbonyl (C=O) groups excluding carboxylic acids is 2. The smallest absolute Gasteiger partial charge is 0.359 e. The van der Waals surface area contributed by atoms with Gasteiger partial charge in [0.25, 0.3) is 11.5 Å². The van der Waals surface area contributed by atoms with E-state index in [-0.39, 0.29) is 17.4 Å². The molecular weight excluding hydrogens is 350 g/mol. The molecule has 0 radical (unpaired) electrons. The lowest BCUT2D eigenvalue weighted by molar-refractivity contribution is -0.124. The van der Waals surface area contributed by atoms with Crippen LogP contribution in [0.4, 0.5) is 0 Å². The van der Waals surface area contributed by atoms with Crippen molar-refractivity contribution in [1.82, 2.24) is 15.1 Å². The number of benzene rings is 1. The first-order valence-electron chi connectivity index (χ1n) is 9.15. The number of hydrogen-bond acceptors (Lipinski definition) is 6. The Balaban J connectivity index is 1.70. The van der Waals surface area contributed by atoms with Crippen LogP contribution in [0.5, 0.6) is 0 Å². The Kier molecular flexibility index (Phi) is 6.18. The average Bonchev–Trinajstić information content (AvgIpc) is 3.20. The molecule has 1 saturated heterocycles. The molecule has 27 heavy (non-hydrogen) atoms. The van der Waals surface area contributed by atoms with Crippen molar-refractivity contribution in [1.29, 1.82) is 0 Å². The summed E-state index contributed by atoms with van der Waals surface area (Å²) >= 11 is 0. The summed E-state index contributed by atoms with van der Waals surface area (Å²) < 4.78 is 11.8. The normalized spacial score (nSPS) is 16.4. The van der Waals surface area contributed by atoms with Gasteiger partial charge in [-0.1, -0.05) is 25.1 Å². The SMILES string of the molecule is CCCn1nc(C(=O)OCC(=O)NCC2CCCO2)c2ccccc2c1=O. The zero-order valence-corrected chi connectivity index (χ0v) is 15.3. The van der Waals surface area contributed by atoms with E-state index in [0.717, 1.165) is 12.8 Å². The van der Waals surface area contributed by atoms with Gasteiger partial charge in [0.05, 0.1) is 11.5 Å². The molecule has 2 aromatic rings. The number of rotatable bonds is 7. The quantitative estimate of drug-likeness (QED) is 0.734. The van der Waals surface area contributed by atoms with Gasteiger partial charge in [-0.3, -0.25) is 9.59 Å². The third kappa shape index (κ3) is 4.51. The van der Waals surface area contributed by atoms with Crippen LogP contribution in [0, 0.1) is 0 Å². The lowest BCUT2D eigenvalue weighted by Crippen LogP contribution is -2.35. The van der Waals surface area contributed by atoms with Crippen molar-refractivity contribution in [2.45, 2.75) is 38.8 Å². The minimum Gasteiger partial charge on any atom is -0.451 e. The molecule has 0 saturated carbocycles. The molecule has 1 aromatic carbocycles. The van der Waals surface area contributed by atoms with Crippen molar-refractivity contribution in [3.63, 3.8) is 0 Å². The lowest BCUT2D eigenvalue weighted by Gasteiger charge is -2.12. The van der Waals surface area contributed by atoms with E-state index in [4.69, 9.17) is 9.47 Å². The molecule has 0 aliphatic carbocycles. The van der Waals surface area contributed by atoms with Gasteiger partial charge in [0, 0.05) is 25.1 Å². The summed E-state index contributed by atoms with van der Waals surface area (Å²) in [5, 5.41) is 7.66. The third-order valence-corrected chi connectivity index (χ3v) is 4.38. The minimum atomic E-state index is -0.733. The number of fused-ring (bicyclic) bond motifs is 1. The van der Waals surface area contributed by atoms with E-state index >= 15 is 0 Å². The van der Waals surface area contributed by atoms with E-state index in [1.54, 1.807) is 24.3 Å². The molecule has 0 spiro atoms. The highest BCUT2D eigenvalue weighted by molar-refractivity contribution is 6.02. The van der Waals surface area contributed by atoms with Gasteiger partial charge in [0.1, 0.15) is 0 Å². The second-order valence-electron chi connectivity index (χ2n) is 6.44. The van der Waals surface area contributed by atoms with Gasteiger partial charge in [0.15, 0.2) is 12.3 Å². The van der Waals surface area contributed by atoms with Crippen molar-refractivity contribution in [2.24, 2.45) is 0 Å². The molecule has 1 unspecified atom stereocenters. The summed E-state index contributed by atoms with van der Waals surface area (Å²) in [5.74, 6) is -1.13.